The number of carbonyl (C=O) groups is 2. The summed E-state index contributed by atoms with van der Waals surface area (Å²) in [7, 11) is 0. The van der Waals surface area contributed by atoms with Crippen LogP contribution in [0, 0.1) is 0 Å². The molecular weight excluding hydrogens is 394 g/mol. The summed E-state index contributed by atoms with van der Waals surface area (Å²) in [6, 6.07) is 9.93. The summed E-state index contributed by atoms with van der Waals surface area (Å²) < 4.78 is 5.59. The molecule has 124 valence electrons. The molecule has 0 saturated heterocycles. The fourth-order valence-electron chi connectivity index (χ4n) is 1.80. The molecule has 0 fully saturated rings. The molecule has 3 N–H and O–H groups in total. The first-order chi connectivity index (χ1) is 11.5. The van der Waals surface area contributed by atoms with Gasteiger partial charge in [-0.3, -0.25) is 14.9 Å². The van der Waals surface area contributed by atoms with E-state index in [4.69, 9.17) is 16.6 Å². The zero-order valence-electron chi connectivity index (χ0n) is 12.5. The minimum Gasteiger partial charge on any atom is -0.444 e. The third-order valence-corrected chi connectivity index (χ3v) is 3.48. The molecule has 2 aromatic rings. The number of para-hydroxylation sites is 1. The summed E-state index contributed by atoms with van der Waals surface area (Å²) in [5, 5.41) is 8.06. The van der Waals surface area contributed by atoms with Gasteiger partial charge in [-0.1, -0.05) is 18.2 Å². The second kappa shape index (κ2) is 8.42. The van der Waals surface area contributed by atoms with Crippen molar-refractivity contribution in [1.82, 2.24) is 10.6 Å². The van der Waals surface area contributed by atoms with E-state index in [1.807, 2.05) is 0 Å². The highest BCUT2D eigenvalue weighted by Crippen LogP contribution is 2.16. The molecule has 0 aliphatic rings. The topological polar surface area (TPSA) is 83.4 Å². The lowest BCUT2D eigenvalue weighted by Crippen LogP contribution is -2.34. The van der Waals surface area contributed by atoms with Gasteiger partial charge in [-0.05, 0) is 52.4 Å². The van der Waals surface area contributed by atoms with E-state index in [1.54, 1.807) is 36.4 Å². The van der Waals surface area contributed by atoms with Gasteiger partial charge in [-0.15, -0.1) is 6.58 Å². The second-order valence-corrected chi connectivity index (χ2v) is 5.75. The second-order valence-electron chi connectivity index (χ2n) is 4.56. The normalized spacial score (nSPS) is 9.88. The summed E-state index contributed by atoms with van der Waals surface area (Å²) in [5.74, 6) is -0.656. The smallest absolute Gasteiger partial charge is 0.293 e. The van der Waals surface area contributed by atoms with Gasteiger partial charge in [0.2, 0.25) is 0 Å². The quantitative estimate of drug-likeness (QED) is 0.523. The Morgan fingerprint density at radius 2 is 1.96 bits per heavy atom. The first kappa shape index (κ1) is 17.9. The maximum absolute atomic E-state index is 12.1. The van der Waals surface area contributed by atoms with Crippen LogP contribution in [0.15, 0.2) is 58.1 Å². The molecule has 0 aliphatic carbocycles. The molecule has 2 amide bonds. The zero-order chi connectivity index (χ0) is 17.5. The van der Waals surface area contributed by atoms with Gasteiger partial charge in [0, 0.05) is 6.54 Å². The number of thiocarbonyl (C=S) groups is 1. The molecule has 2 rings (SSSR count). The van der Waals surface area contributed by atoms with Crippen molar-refractivity contribution < 1.29 is 14.0 Å². The van der Waals surface area contributed by atoms with Crippen LogP contribution >= 0.6 is 28.1 Å². The Labute approximate surface area is 152 Å². The lowest BCUT2D eigenvalue weighted by atomic mass is 10.1. The SMILES string of the molecule is C=CCNC(=O)c1ccccc1NC(=S)NC(=O)c1ccc(Br)o1. The monoisotopic (exact) mass is 407 g/mol. The average molecular weight is 408 g/mol. The Hall–Kier alpha value is -2.45. The maximum atomic E-state index is 12.1. The maximum Gasteiger partial charge on any atom is 0.293 e. The third kappa shape index (κ3) is 4.77. The fraction of sp³-hybridized carbons (Fsp3) is 0.0625. The van der Waals surface area contributed by atoms with E-state index < -0.39 is 5.91 Å². The third-order valence-electron chi connectivity index (χ3n) is 2.85. The van der Waals surface area contributed by atoms with Crippen LogP contribution in [0.1, 0.15) is 20.9 Å². The fourth-order valence-corrected chi connectivity index (χ4v) is 2.31. The molecule has 1 aromatic heterocycles. The number of nitrogens with one attached hydrogen (secondary N) is 3. The Kier molecular flexibility index (Phi) is 6.28. The first-order valence-corrected chi connectivity index (χ1v) is 8.07. The van der Waals surface area contributed by atoms with Crippen molar-refractivity contribution in [2.45, 2.75) is 0 Å². The van der Waals surface area contributed by atoms with Gasteiger partial charge < -0.3 is 15.1 Å². The van der Waals surface area contributed by atoms with Gasteiger partial charge in [-0.2, -0.15) is 0 Å². The van der Waals surface area contributed by atoms with Crippen LogP contribution in [0.4, 0.5) is 5.69 Å². The van der Waals surface area contributed by atoms with E-state index in [1.165, 1.54) is 6.07 Å². The highest BCUT2D eigenvalue weighted by Gasteiger charge is 2.14. The summed E-state index contributed by atoms with van der Waals surface area (Å²) >= 11 is 8.23. The van der Waals surface area contributed by atoms with Crippen molar-refractivity contribution in [3.8, 4) is 0 Å². The number of furan rings is 1. The molecule has 0 saturated carbocycles. The largest absolute Gasteiger partial charge is 0.444 e. The van der Waals surface area contributed by atoms with Crippen molar-refractivity contribution in [3.05, 3.63) is 65.0 Å². The first-order valence-electron chi connectivity index (χ1n) is 6.87. The minimum atomic E-state index is -0.494. The summed E-state index contributed by atoms with van der Waals surface area (Å²) in [6.07, 6.45) is 1.58. The summed E-state index contributed by atoms with van der Waals surface area (Å²) in [5.41, 5.74) is 0.877. The van der Waals surface area contributed by atoms with Crippen LogP contribution in [-0.4, -0.2) is 23.5 Å². The van der Waals surface area contributed by atoms with Crippen LogP contribution in [0.5, 0.6) is 0 Å². The zero-order valence-corrected chi connectivity index (χ0v) is 14.9. The lowest BCUT2D eigenvalue weighted by molar-refractivity contribution is 0.0946. The predicted molar refractivity (Wildman–Crippen MR) is 99.1 cm³/mol. The van der Waals surface area contributed by atoms with E-state index in [0.717, 1.165) is 0 Å². The van der Waals surface area contributed by atoms with Gasteiger partial charge in [-0.25, -0.2) is 0 Å². The number of carbonyl (C=O) groups excluding carboxylic acids is 2. The minimum absolute atomic E-state index is 0.0523. The molecule has 24 heavy (non-hydrogen) atoms. The molecule has 1 aromatic carbocycles. The van der Waals surface area contributed by atoms with Crippen molar-refractivity contribution in [3.63, 3.8) is 0 Å². The lowest BCUT2D eigenvalue weighted by Gasteiger charge is -2.12. The van der Waals surface area contributed by atoms with Crippen LogP contribution in [0.3, 0.4) is 0 Å². The molecule has 8 heteroatoms. The van der Waals surface area contributed by atoms with E-state index in [9.17, 15) is 9.59 Å². The Balaban J connectivity index is 2.05. The molecule has 0 atom stereocenters. The average Bonchev–Trinajstić information content (AvgIpc) is 2.99. The Morgan fingerprint density at radius 1 is 1.21 bits per heavy atom. The summed E-state index contributed by atoms with van der Waals surface area (Å²) in [4.78, 5) is 24.1. The molecular formula is C16H14BrN3O3S. The number of anilines is 1. The highest BCUT2D eigenvalue weighted by molar-refractivity contribution is 9.10. The van der Waals surface area contributed by atoms with E-state index in [0.29, 0.717) is 22.5 Å². The van der Waals surface area contributed by atoms with Crippen LogP contribution in [0.2, 0.25) is 0 Å². The standard InChI is InChI=1S/C16H14BrN3O3S/c1-2-9-18-14(21)10-5-3-4-6-11(10)19-16(24)20-15(22)12-7-8-13(17)23-12/h2-8H,1,9H2,(H,18,21)(H2,19,20,22,24). The van der Waals surface area contributed by atoms with Crippen molar-refractivity contribution >= 4 is 50.8 Å². The molecule has 1 heterocycles. The number of hydrogen-bond donors (Lipinski definition) is 3. The van der Waals surface area contributed by atoms with Crippen molar-refractivity contribution in [2.24, 2.45) is 0 Å². The molecule has 6 nitrogen and oxygen atoms in total. The Morgan fingerprint density at radius 3 is 2.62 bits per heavy atom. The number of halogens is 1. The molecule has 0 unspecified atom stereocenters. The van der Waals surface area contributed by atoms with Gasteiger partial charge in [0.15, 0.2) is 15.5 Å². The van der Waals surface area contributed by atoms with Gasteiger partial charge in [0.25, 0.3) is 11.8 Å². The van der Waals surface area contributed by atoms with E-state index in [2.05, 4.69) is 38.5 Å². The highest BCUT2D eigenvalue weighted by atomic mass is 79.9. The van der Waals surface area contributed by atoms with Crippen molar-refractivity contribution in [1.29, 1.82) is 0 Å². The van der Waals surface area contributed by atoms with E-state index >= 15 is 0 Å². The number of amides is 2. The van der Waals surface area contributed by atoms with Gasteiger partial charge in [0.1, 0.15) is 0 Å². The van der Waals surface area contributed by atoms with Crippen LogP contribution in [-0.2, 0) is 0 Å². The predicted octanol–water partition coefficient (Wildman–Crippen LogP) is 3.08. The van der Waals surface area contributed by atoms with Gasteiger partial charge >= 0.3 is 0 Å². The Bertz CT molecular complexity index is 788. The number of hydrogen-bond acceptors (Lipinski definition) is 4. The van der Waals surface area contributed by atoms with Crippen LogP contribution < -0.4 is 16.0 Å². The molecule has 0 spiro atoms. The molecule has 0 radical (unpaired) electrons. The summed E-state index contributed by atoms with van der Waals surface area (Å²) in [6.45, 7) is 3.90. The van der Waals surface area contributed by atoms with Gasteiger partial charge in [0.05, 0.1) is 11.3 Å². The molecule has 0 bridgehead atoms. The molecule has 0 aliphatic heterocycles. The van der Waals surface area contributed by atoms with E-state index in [-0.39, 0.29) is 16.8 Å². The van der Waals surface area contributed by atoms with Crippen LogP contribution in [0.25, 0.3) is 0 Å². The number of rotatable bonds is 5. The van der Waals surface area contributed by atoms with Crippen molar-refractivity contribution in [2.75, 3.05) is 11.9 Å². The number of benzene rings is 1.